The fourth-order valence-corrected chi connectivity index (χ4v) is 4.54. The summed E-state index contributed by atoms with van der Waals surface area (Å²) in [4.78, 5) is 32.3. The summed E-state index contributed by atoms with van der Waals surface area (Å²) >= 11 is 0. The number of sulfonamides is 1. The van der Waals surface area contributed by atoms with E-state index in [0.29, 0.717) is 18.9 Å². The Labute approximate surface area is 224 Å². The highest BCUT2D eigenvalue weighted by atomic mass is 32.2. The molecule has 2 heterocycles. The number of nitrogens with one attached hydrogen (secondary N) is 3. The molecule has 1 aliphatic rings. The fourth-order valence-electron chi connectivity index (χ4n) is 4.11. The Morgan fingerprint density at radius 3 is 2.61 bits per heavy atom. The third kappa shape index (κ3) is 7.42. The molecule has 208 valence electrons. The molecule has 1 saturated heterocycles. The Balaban J connectivity index is 1.95. The molecule has 0 spiro atoms. The lowest BCUT2D eigenvalue weighted by molar-refractivity contribution is -0.138. The predicted octanol–water partition coefficient (Wildman–Crippen LogP) is 0.820. The van der Waals surface area contributed by atoms with E-state index in [1.807, 2.05) is 44.2 Å². The van der Waals surface area contributed by atoms with Gasteiger partial charge in [0.05, 0.1) is 18.4 Å². The zero-order chi connectivity index (χ0) is 28.0. The van der Waals surface area contributed by atoms with Gasteiger partial charge >= 0.3 is 0 Å². The molecule has 0 aliphatic carbocycles. The van der Waals surface area contributed by atoms with Gasteiger partial charge in [0.1, 0.15) is 17.7 Å². The Morgan fingerprint density at radius 1 is 1.29 bits per heavy atom. The molecule has 12 heteroatoms. The summed E-state index contributed by atoms with van der Waals surface area (Å²) in [5.74, 6) is -0.350. The summed E-state index contributed by atoms with van der Waals surface area (Å²) < 4.78 is 25.4. The normalized spacial score (nSPS) is 18.4. The fraction of sp³-hybridized carbons (Fsp3) is 0.500. The van der Waals surface area contributed by atoms with Crippen LogP contribution in [0, 0.1) is 0 Å². The first-order valence-corrected chi connectivity index (χ1v) is 14.5. The van der Waals surface area contributed by atoms with Crippen molar-refractivity contribution in [1.82, 2.24) is 20.5 Å². The highest BCUT2D eigenvalue weighted by molar-refractivity contribution is 7.92. The van der Waals surface area contributed by atoms with Crippen molar-refractivity contribution in [2.24, 2.45) is 0 Å². The number of anilines is 2. The second-order valence-corrected chi connectivity index (χ2v) is 11.7. The Hall–Kier alpha value is -3.22. The molecular weight excluding hydrogens is 508 g/mol. The molecule has 0 bridgehead atoms. The number of pyridine rings is 1. The van der Waals surface area contributed by atoms with E-state index in [-0.39, 0.29) is 29.8 Å². The molecule has 3 rings (SSSR count). The van der Waals surface area contributed by atoms with E-state index in [4.69, 9.17) is 0 Å². The van der Waals surface area contributed by atoms with Gasteiger partial charge in [-0.2, -0.15) is 0 Å². The minimum absolute atomic E-state index is 0.0326. The molecule has 2 aromatic rings. The second-order valence-electron chi connectivity index (χ2n) is 9.74. The maximum absolute atomic E-state index is 13.5. The zero-order valence-electron chi connectivity index (χ0n) is 22.5. The standard InChI is InChI=1S/C26H38N6O5S/c1-6-17(2)28-21-15-19(16-22(30-21)32(4)38(5,36)37)25(34)29-20(14-18-10-8-7-9-11-18)24(33)23-26(35)31(3)13-12-27-23/h7-11,15-17,20,23-24,27,33H,6,12-14H2,1-5H3,(H,28,30)(H,29,34)/t17-,20-,23?,24?/m0/s1. The number of amides is 2. The zero-order valence-corrected chi connectivity index (χ0v) is 23.3. The highest BCUT2D eigenvalue weighted by Gasteiger charge is 2.37. The number of aliphatic hydroxyl groups is 1. The molecule has 1 aromatic carbocycles. The maximum Gasteiger partial charge on any atom is 0.251 e. The number of nitrogens with zero attached hydrogens (tertiary/aromatic N) is 3. The van der Waals surface area contributed by atoms with Gasteiger partial charge in [-0.05, 0) is 37.5 Å². The van der Waals surface area contributed by atoms with Crippen LogP contribution in [-0.4, -0.2) is 92.9 Å². The molecule has 0 saturated carbocycles. The number of carbonyl (C=O) groups is 2. The summed E-state index contributed by atoms with van der Waals surface area (Å²) in [6.07, 6.45) is 0.910. The molecule has 1 aromatic heterocycles. The number of rotatable bonds is 11. The molecule has 1 aliphatic heterocycles. The minimum atomic E-state index is -3.63. The molecule has 1 fully saturated rings. The van der Waals surface area contributed by atoms with Gasteiger partial charge in [0.25, 0.3) is 5.91 Å². The van der Waals surface area contributed by atoms with Crippen LogP contribution in [0.15, 0.2) is 42.5 Å². The summed E-state index contributed by atoms with van der Waals surface area (Å²) in [5.41, 5.74) is 1.04. The molecule has 2 amide bonds. The lowest BCUT2D eigenvalue weighted by atomic mass is 9.94. The van der Waals surface area contributed by atoms with E-state index in [0.717, 1.165) is 22.5 Å². The SMILES string of the molecule is CC[C@H](C)Nc1cc(C(=O)N[C@@H](Cc2ccccc2)C(O)C2NCCN(C)C2=O)cc(N(C)S(C)(=O)=O)n1. The van der Waals surface area contributed by atoms with Gasteiger partial charge < -0.3 is 26.0 Å². The number of aliphatic hydroxyl groups excluding tert-OH is 1. The first-order chi connectivity index (χ1) is 17.9. The first kappa shape index (κ1) is 29.3. The van der Waals surface area contributed by atoms with Crippen molar-refractivity contribution in [1.29, 1.82) is 0 Å². The number of piperazine rings is 1. The van der Waals surface area contributed by atoms with Crippen LogP contribution >= 0.6 is 0 Å². The van der Waals surface area contributed by atoms with Crippen LogP contribution in [-0.2, 0) is 21.2 Å². The molecular formula is C26H38N6O5S. The molecule has 38 heavy (non-hydrogen) atoms. The summed E-state index contributed by atoms with van der Waals surface area (Å²) in [6, 6.07) is 10.6. The van der Waals surface area contributed by atoms with Crippen molar-refractivity contribution in [2.75, 3.05) is 43.1 Å². The van der Waals surface area contributed by atoms with Crippen LogP contribution in [0.25, 0.3) is 0 Å². The van der Waals surface area contributed by atoms with Crippen molar-refractivity contribution >= 4 is 33.5 Å². The van der Waals surface area contributed by atoms with Crippen molar-refractivity contribution < 1.29 is 23.1 Å². The molecule has 4 N–H and O–H groups in total. The maximum atomic E-state index is 13.5. The topological polar surface area (TPSA) is 144 Å². The largest absolute Gasteiger partial charge is 0.389 e. The molecule has 2 unspecified atom stereocenters. The lowest BCUT2D eigenvalue weighted by Gasteiger charge is -2.36. The predicted molar refractivity (Wildman–Crippen MR) is 148 cm³/mol. The lowest BCUT2D eigenvalue weighted by Crippen LogP contribution is -2.63. The first-order valence-electron chi connectivity index (χ1n) is 12.6. The van der Waals surface area contributed by atoms with Gasteiger partial charge in [-0.15, -0.1) is 0 Å². The van der Waals surface area contributed by atoms with Gasteiger partial charge in [-0.25, -0.2) is 13.4 Å². The quantitative estimate of drug-likeness (QED) is 0.324. The number of hydrogen-bond donors (Lipinski definition) is 4. The second kappa shape index (κ2) is 12.5. The number of likely N-dealkylation sites (N-methyl/N-ethyl adjacent to an activating group) is 1. The molecule has 11 nitrogen and oxygen atoms in total. The van der Waals surface area contributed by atoms with Crippen LogP contribution in [0.2, 0.25) is 0 Å². The monoisotopic (exact) mass is 546 g/mol. The van der Waals surface area contributed by atoms with E-state index < -0.39 is 34.1 Å². The minimum Gasteiger partial charge on any atom is -0.389 e. The number of hydrogen-bond acceptors (Lipinski definition) is 8. The van der Waals surface area contributed by atoms with Crippen molar-refractivity contribution in [3.8, 4) is 0 Å². The average Bonchev–Trinajstić information content (AvgIpc) is 2.88. The van der Waals surface area contributed by atoms with Gasteiger partial charge in [-0.3, -0.25) is 13.9 Å². The van der Waals surface area contributed by atoms with E-state index in [9.17, 15) is 23.1 Å². The number of aromatic nitrogens is 1. The summed E-state index contributed by atoms with van der Waals surface area (Å²) in [7, 11) is -0.588. The van der Waals surface area contributed by atoms with Crippen molar-refractivity contribution in [3.63, 3.8) is 0 Å². The summed E-state index contributed by atoms with van der Waals surface area (Å²) in [6.45, 7) is 4.99. The summed E-state index contributed by atoms with van der Waals surface area (Å²) in [5, 5.41) is 20.4. The molecule has 0 radical (unpaired) electrons. The van der Waals surface area contributed by atoms with E-state index in [1.54, 1.807) is 18.0 Å². The highest BCUT2D eigenvalue weighted by Crippen LogP contribution is 2.21. The van der Waals surface area contributed by atoms with E-state index in [2.05, 4.69) is 20.9 Å². The van der Waals surface area contributed by atoms with Crippen molar-refractivity contribution in [3.05, 3.63) is 53.6 Å². The number of carbonyl (C=O) groups excluding carboxylic acids is 2. The Kier molecular flexibility index (Phi) is 9.69. The van der Waals surface area contributed by atoms with Gasteiger partial charge in [0.15, 0.2) is 0 Å². The van der Waals surface area contributed by atoms with Crippen LogP contribution in [0.5, 0.6) is 0 Å². The van der Waals surface area contributed by atoms with Gasteiger partial charge in [-0.1, -0.05) is 37.3 Å². The van der Waals surface area contributed by atoms with E-state index >= 15 is 0 Å². The number of benzene rings is 1. The van der Waals surface area contributed by atoms with E-state index in [1.165, 1.54) is 13.1 Å². The Bertz CT molecular complexity index is 1230. The van der Waals surface area contributed by atoms with Crippen LogP contribution in [0.3, 0.4) is 0 Å². The van der Waals surface area contributed by atoms with Crippen molar-refractivity contribution in [2.45, 2.75) is 50.9 Å². The van der Waals surface area contributed by atoms with Crippen LogP contribution in [0.4, 0.5) is 11.6 Å². The van der Waals surface area contributed by atoms with Gasteiger partial charge in [0.2, 0.25) is 15.9 Å². The smallest absolute Gasteiger partial charge is 0.251 e. The van der Waals surface area contributed by atoms with Crippen LogP contribution in [0.1, 0.15) is 36.2 Å². The Morgan fingerprint density at radius 2 is 1.97 bits per heavy atom. The third-order valence-electron chi connectivity index (χ3n) is 6.72. The molecule has 4 atom stereocenters. The van der Waals surface area contributed by atoms with Gasteiger partial charge in [0, 0.05) is 38.8 Å². The average molecular weight is 547 g/mol. The van der Waals surface area contributed by atoms with Crippen LogP contribution < -0.4 is 20.3 Å². The third-order valence-corrected chi connectivity index (χ3v) is 7.91.